The molecule has 1 heteroatoms. The Balaban J connectivity index is 2.01. The summed E-state index contributed by atoms with van der Waals surface area (Å²) in [6, 6.07) is 0. The topological polar surface area (TPSA) is 20.2 Å². The molecule has 14 heavy (non-hydrogen) atoms. The maximum Gasteiger partial charge on any atom is 0.0467 e. The number of rotatable bonds is 1. The van der Waals surface area contributed by atoms with Gasteiger partial charge in [0.05, 0.1) is 0 Å². The molecule has 0 heterocycles. The van der Waals surface area contributed by atoms with E-state index in [4.69, 9.17) is 0 Å². The van der Waals surface area contributed by atoms with Crippen LogP contribution in [0.2, 0.25) is 0 Å². The summed E-state index contributed by atoms with van der Waals surface area (Å²) in [7, 11) is 0. The second-order valence-electron chi connectivity index (χ2n) is 5.79. The molecule has 0 amide bonds. The molecular formula is C13H20O. The lowest BCUT2D eigenvalue weighted by Gasteiger charge is -2.48. The summed E-state index contributed by atoms with van der Waals surface area (Å²) < 4.78 is 0. The number of hydrogen-bond acceptors (Lipinski definition) is 1. The minimum atomic E-state index is 0.390. The Bertz CT molecular complexity index is 283. The number of fused-ring (bicyclic) bond motifs is 1. The summed E-state index contributed by atoms with van der Waals surface area (Å²) in [6.45, 7) is 7.12. The van der Waals surface area contributed by atoms with Crippen molar-refractivity contribution in [2.24, 2.45) is 29.1 Å². The molecule has 2 bridgehead atoms. The van der Waals surface area contributed by atoms with E-state index in [0.717, 1.165) is 11.8 Å². The van der Waals surface area contributed by atoms with Crippen molar-refractivity contribution in [3.8, 4) is 0 Å². The van der Waals surface area contributed by atoms with Crippen molar-refractivity contribution in [1.82, 2.24) is 0 Å². The quantitative estimate of drug-likeness (QED) is 0.633. The standard InChI is InChI=1S/C13H20O/c1-8-10-6-12-9(11(10)7-14)4-3-5-13(8,12)2/h9-12,14H,1,3-7H2,2H3. The van der Waals surface area contributed by atoms with Gasteiger partial charge in [0.1, 0.15) is 0 Å². The monoisotopic (exact) mass is 192 g/mol. The molecule has 3 saturated carbocycles. The number of aliphatic hydroxyl groups is 1. The number of hydrogen-bond donors (Lipinski definition) is 1. The van der Waals surface area contributed by atoms with Gasteiger partial charge in [-0.2, -0.15) is 0 Å². The van der Waals surface area contributed by atoms with Gasteiger partial charge in [0.15, 0.2) is 0 Å². The normalized spacial score (nSPS) is 55.4. The molecule has 1 nitrogen and oxygen atoms in total. The average Bonchev–Trinajstić information content (AvgIpc) is 2.66. The molecule has 0 aromatic carbocycles. The maximum atomic E-state index is 9.46. The van der Waals surface area contributed by atoms with Crippen molar-refractivity contribution in [2.75, 3.05) is 6.61 Å². The van der Waals surface area contributed by atoms with Gasteiger partial charge in [-0.15, -0.1) is 0 Å². The lowest BCUT2D eigenvalue weighted by molar-refractivity contribution is 0.0475. The van der Waals surface area contributed by atoms with E-state index in [-0.39, 0.29) is 0 Å². The molecule has 3 fully saturated rings. The highest BCUT2D eigenvalue weighted by molar-refractivity contribution is 5.28. The van der Waals surface area contributed by atoms with Crippen LogP contribution in [0.15, 0.2) is 12.2 Å². The van der Waals surface area contributed by atoms with Gasteiger partial charge in [0.2, 0.25) is 0 Å². The van der Waals surface area contributed by atoms with Gasteiger partial charge >= 0.3 is 0 Å². The largest absolute Gasteiger partial charge is 0.396 e. The molecule has 1 N–H and O–H groups in total. The molecule has 3 aliphatic carbocycles. The molecule has 5 atom stereocenters. The fourth-order valence-electron chi connectivity index (χ4n) is 4.74. The molecule has 3 aliphatic rings. The van der Waals surface area contributed by atoms with Crippen LogP contribution in [0.25, 0.3) is 0 Å². The molecule has 0 radical (unpaired) electrons. The van der Waals surface area contributed by atoms with Gasteiger partial charge < -0.3 is 5.11 Å². The van der Waals surface area contributed by atoms with Crippen LogP contribution in [0.3, 0.4) is 0 Å². The van der Waals surface area contributed by atoms with Gasteiger partial charge in [-0.25, -0.2) is 0 Å². The Morgan fingerprint density at radius 1 is 1.57 bits per heavy atom. The van der Waals surface area contributed by atoms with E-state index >= 15 is 0 Å². The minimum Gasteiger partial charge on any atom is -0.396 e. The molecule has 5 unspecified atom stereocenters. The highest BCUT2D eigenvalue weighted by Gasteiger charge is 2.60. The van der Waals surface area contributed by atoms with Crippen LogP contribution in [-0.2, 0) is 0 Å². The first-order valence-corrected chi connectivity index (χ1v) is 5.98. The fraction of sp³-hybridized carbons (Fsp3) is 0.846. The predicted molar refractivity (Wildman–Crippen MR) is 56.8 cm³/mol. The third kappa shape index (κ3) is 0.809. The van der Waals surface area contributed by atoms with Gasteiger partial charge in [-0.05, 0) is 48.3 Å². The Kier molecular flexibility index (Phi) is 1.69. The average molecular weight is 192 g/mol. The van der Waals surface area contributed by atoms with E-state index in [1.54, 1.807) is 0 Å². The van der Waals surface area contributed by atoms with Crippen LogP contribution in [-0.4, -0.2) is 11.7 Å². The van der Waals surface area contributed by atoms with Crippen molar-refractivity contribution in [3.05, 3.63) is 12.2 Å². The highest BCUT2D eigenvalue weighted by atomic mass is 16.3. The Morgan fingerprint density at radius 2 is 2.36 bits per heavy atom. The fourth-order valence-corrected chi connectivity index (χ4v) is 4.74. The lowest BCUT2D eigenvalue weighted by atomic mass is 9.57. The van der Waals surface area contributed by atoms with E-state index in [1.165, 1.54) is 31.3 Å². The first-order chi connectivity index (χ1) is 6.68. The molecule has 0 saturated heterocycles. The third-order valence-corrected chi connectivity index (χ3v) is 5.54. The van der Waals surface area contributed by atoms with Crippen LogP contribution >= 0.6 is 0 Å². The molecule has 0 aromatic rings. The predicted octanol–water partition coefficient (Wildman–Crippen LogP) is 2.61. The van der Waals surface area contributed by atoms with E-state index in [0.29, 0.717) is 23.9 Å². The van der Waals surface area contributed by atoms with Gasteiger partial charge in [-0.3, -0.25) is 0 Å². The molecule has 3 rings (SSSR count). The van der Waals surface area contributed by atoms with Gasteiger partial charge in [-0.1, -0.05) is 25.5 Å². The highest BCUT2D eigenvalue weighted by Crippen LogP contribution is 2.68. The molecule has 0 aliphatic heterocycles. The maximum absolute atomic E-state index is 9.46. The SMILES string of the molecule is C=C1C2CC3C(CCCC13C)C2CO. The van der Waals surface area contributed by atoms with E-state index in [9.17, 15) is 5.11 Å². The van der Waals surface area contributed by atoms with Crippen molar-refractivity contribution >= 4 is 0 Å². The van der Waals surface area contributed by atoms with Crippen LogP contribution in [0, 0.1) is 29.1 Å². The molecule has 0 aromatic heterocycles. The Labute approximate surface area is 86.2 Å². The zero-order chi connectivity index (χ0) is 9.92. The summed E-state index contributed by atoms with van der Waals surface area (Å²) in [6.07, 6.45) is 5.38. The number of allylic oxidation sites excluding steroid dienone is 1. The second-order valence-corrected chi connectivity index (χ2v) is 5.79. The Morgan fingerprint density at radius 3 is 3.07 bits per heavy atom. The molecule has 0 spiro atoms. The van der Waals surface area contributed by atoms with E-state index in [1.807, 2.05) is 0 Å². The summed E-state index contributed by atoms with van der Waals surface area (Å²) in [5, 5.41) is 9.46. The molecule has 78 valence electrons. The van der Waals surface area contributed by atoms with Crippen molar-refractivity contribution in [2.45, 2.75) is 32.6 Å². The van der Waals surface area contributed by atoms with Crippen LogP contribution < -0.4 is 0 Å². The van der Waals surface area contributed by atoms with Crippen LogP contribution in [0.1, 0.15) is 32.6 Å². The van der Waals surface area contributed by atoms with Crippen LogP contribution in [0.4, 0.5) is 0 Å². The van der Waals surface area contributed by atoms with E-state index in [2.05, 4.69) is 13.5 Å². The third-order valence-electron chi connectivity index (χ3n) is 5.54. The summed E-state index contributed by atoms with van der Waals surface area (Å²) in [4.78, 5) is 0. The van der Waals surface area contributed by atoms with Crippen molar-refractivity contribution in [3.63, 3.8) is 0 Å². The summed E-state index contributed by atoms with van der Waals surface area (Å²) in [5.74, 6) is 2.88. The first kappa shape index (κ1) is 8.96. The van der Waals surface area contributed by atoms with Gasteiger partial charge in [0.25, 0.3) is 0 Å². The minimum absolute atomic E-state index is 0.390. The zero-order valence-corrected chi connectivity index (χ0v) is 9.00. The van der Waals surface area contributed by atoms with Crippen molar-refractivity contribution in [1.29, 1.82) is 0 Å². The van der Waals surface area contributed by atoms with Crippen molar-refractivity contribution < 1.29 is 5.11 Å². The number of aliphatic hydroxyl groups excluding tert-OH is 1. The first-order valence-electron chi connectivity index (χ1n) is 5.98. The van der Waals surface area contributed by atoms with E-state index < -0.39 is 0 Å². The second kappa shape index (κ2) is 2.63. The summed E-state index contributed by atoms with van der Waals surface area (Å²) in [5.41, 5.74) is 1.91. The lowest BCUT2D eigenvalue weighted by Crippen LogP contribution is -2.41. The smallest absolute Gasteiger partial charge is 0.0467 e. The zero-order valence-electron chi connectivity index (χ0n) is 9.00. The molecular weight excluding hydrogens is 172 g/mol. The van der Waals surface area contributed by atoms with Gasteiger partial charge in [0, 0.05) is 6.61 Å². The Hall–Kier alpha value is -0.300. The summed E-state index contributed by atoms with van der Waals surface area (Å²) >= 11 is 0. The van der Waals surface area contributed by atoms with Crippen LogP contribution in [0.5, 0.6) is 0 Å².